The molecule has 112 valence electrons. The van der Waals surface area contributed by atoms with E-state index in [2.05, 4.69) is 4.72 Å². The van der Waals surface area contributed by atoms with Gasteiger partial charge in [-0.25, -0.2) is 12.8 Å². The van der Waals surface area contributed by atoms with Crippen LogP contribution in [0.5, 0.6) is 0 Å². The zero-order valence-electron chi connectivity index (χ0n) is 11.5. The Morgan fingerprint density at radius 1 is 1.14 bits per heavy atom. The van der Waals surface area contributed by atoms with Crippen molar-refractivity contribution in [1.29, 1.82) is 0 Å². The van der Waals surface area contributed by atoms with Crippen molar-refractivity contribution in [1.82, 2.24) is 0 Å². The molecule has 0 spiro atoms. The molecule has 0 unspecified atom stereocenters. The molecule has 2 aromatic carbocycles. The number of aliphatic hydroxyl groups is 1. The summed E-state index contributed by atoms with van der Waals surface area (Å²) in [5, 5.41) is 9.04. The van der Waals surface area contributed by atoms with Crippen LogP contribution < -0.4 is 4.72 Å². The quantitative estimate of drug-likeness (QED) is 0.892. The second-order valence-electron chi connectivity index (χ2n) is 4.58. The summed E-state index contributed by atoms with van der Waals surface area (Å²) in [6.45, 7) is 1.60. The molecule has 0 aliphatic carbocycles. The molecule has 0 heterocycles. The number of rotatable bonds is 5. The molecule has 21 heavy (non-hydrogen) atoms. The molecular weight excluding hydrogens is 293 g/mol. The number of nitrogens with one attached hydrogen (secondary N) is 1. The Labute approximate surface area is 123 Å². The molecule has 2 N–H and O–H groups in total. The van der Waals surface area contributed by atoms with Crippen molar-refractivity contribution in [3.05, 3.63) is 59.4 Å². The average molecular weight is 309 g/mol. The predicted molar refractivity (Wildman–Crippen MR) is 79.0 cm³/mol. The van der Waals surface area contributed by atoms with Crippen molar-refractivity contribution in [2.45, 2.75) is 24.8 Å². The molecule has 0 aliphatic rings. The van der Waals surface area contributed by atoms with Crippen molar-refractivity contribution < 1.29 is 17.9 Å². The predicted octanol–water partition coefficient (Wildman–Crippen LogP) is 2.68. The summed E-state index contributed by atoms with van der Waals surface area (Å²) in [7, 11) is -4.04. The molecular formula is C15H16FNO3S. The van der Waals surface area contributed by atoms with E-state index < -0.39 is 20.7 Å². The van der Waals surface area contributed by atoms with Crippen LogP contribution in [-0.2, 0) is 23.1 Å². The first kappa shape index (κ1) is 15.5. The van der Waals surface area contributed by atoms with Crippen LogP contribution >= 0.6 is 0 Å². The number of aliphatic hydroxyl groups excluding tert-OH is 1. The molecule has 0 saturated carbocycles. The molecule has 0 radical (unpaired) electrons. The zero-order valence-corrected chi connectivity index (χ0v) is 12.3. The van der Waals surface area contributed by atoms with Crippen molar-refractivity contribution in [3.8, 4) is 0 Å². The number of aryl methyl sites for hydroxylation is 1. The first-order chi connectivity index (χ1) is 9.96. The van der Waals surface area contributed by atoms with E-state index in [0.717, 1.165) is 24.1 Å². The zero-order chi connectivity index (χ0) is 15.5. The Morgan fingerprint density at radius 2 is 1.90 bits per heavy atom. The minimum atomic E-state index is -4.04. The van der Waals surface area contributed by atoms with E-state index >= 15 is 0 Å². The first-order valence-electron chi connectivity index (χ1n) is 6.47. The third-order valence-corrected chi connectivity index (χ3v) is 4.45. The highest BCUT2D eigenvalue weighted by atomic mass is 32.2. The van der Waals surface area contributed by atoms with E-state index in [1.165, 1.54) is 6.07 Å². The molecule has 2 rings (SSSR count). The van der Waals surface area contributed by atoms with Crippen molar-refractivity contribution >= 4 is 15.7 Å². The van der Waals surface area contributed by atoms with Crippen LogP contribution in [0.3, 0.4) is 0 Å². The van der Waals surface area contributed by atoms with Gasteiger partial charge >= 0.3 is 0 Å². The molecule has 0 bridgehead atoms. The largest absolute Gasteiger partial charge is 0.392 e. The lowest BCUT2D eigenvalue weighted by atomic mass is 10.1. The second kappa shape index (κ2) is 6.24. The average Bonchev–Trinajstić information content (AvgIpc) is 2.47. The van der Waals surface area contributed by atoms with Crippen LogP contribution in [-0.4, -0.2) is 13.5 Å². The molecule has 0 aromatic heterocycles. The smallest absolute Gasteiger partial charge is 0.264 e. The van der Waals surface area contributed by atoms with Gasteiger partial charge in [0.15, 0.2) is 0 Å². The molecule has 0 fully saturated rings. The number of halogens is 1. The summed E-state index contributed by atoms with van der Waals surface area (Å²) in [5.74, 6) is -0.855. The molecule has 0 saturated heterocycles. The fraction of sp³-hybridized carbons (Fsp3) is 0.200. The minimum absolute atomic E-state index is 0.332. The topological polar surface area (TPSA) is 66.4 Å². The minimum Gasteiger partial charge on any atom is -0.392 e. The Kier molecular flexibility index (Phi) is 4.59. The number of anilines is 1. The monoisotopic (exact) mass is 309 g/mol. The van der Waals surface area contributed by atoms with E-state index in [4.69, 9.17) is 5.11 Å². The van der Waals surface area contributed by atoms with Gasteiger partial charge < -0.3 is 5.11 Å². The van der Waals surface area contributed by atoms with Gasteiger partial charge in [-0.1, -0.05) is 25.1 Å². The highest BCUT2D eigenvalue weighted by molar-refractivity contribution is 7.92. The number of benzene rings is 2. The van der Waals surface area contributed by atoms with E-state index in [1.807, 2.05) is 13.0 Å². The third-order valence-electron chi connectivity index (χ3n) is 3.06. The first-order valence-corrected chi connectivity index (χ1v) is 7.95. The standard InChI is InChI=1S/C15H16FNO3S/c1-2-11-4-3-5-13(8-11)17-21(19,20)15-9-12(10-18)6-7-14(15)16/h3-9,17-18H,2,10H2,1H3. The summed E-state index contributed by atoms with van der Waals surface area (Å²) < 4.78 is 40.6. The fourth-order valence-electron chi connectivity index (χ4n) is 1.92. The maximum absolute atomic E-state index is 13.7. The summed E-state index contributed by atoms with van der Waals surface area (Å²) in [4.78, 5) is -0.476. The molecule has 6 heteroatoms. The molecule has 0 atom stereocenters. The van der Waals surface area contributed by atoms with Crippen LogP contribution in [0.15, 0.2) is 47.4 Å². The number of hydrogen-bond donors (Lipinski definition) is 2. The van der Waals surface area contributed by atoms with Gasteiger partial charge in [0.05, 0.1) is 6.61 Å². The number of sulfonamides is 1. The van der Waals surface area contributed by atoms with Crippen LogP contribution in [0, 0.1) is 5.82 Å². The summed E-state index contributed by atoms with van der Waals surface area (Å²) >= 11 is 0. The van der Waals surface area contributed by atoms with Crippen LogP contribution in [0.4, 0.5) is 10.1 Å². The maximum atomic E-state index is 13.7. The Hall–Kier alpha value is -1.92. The highest BCUT2D eigenvalue weighted by Crippen LogP contribution is 2.21. The lowest BCUT2D eigenvalue weighted by Gasteiger charge is -2.10. The van der Waals surface area contributed by atoms with Gasteiger partial charge in [0.1, 0.15) is 10.7 Å². The Balaban J connectivity index is 2.38. The number of hydrogen-bond acceptors (Lipinski definition) is 3. The van der Waals surface area contributed by atoms with E-state index in [9.17, 15) is 12.8 Å². The molecule has 0 aliphatic heterocycles. The lowest BCUT2D eigenvalue weighted by Crippen LogP contribution is -2.15. The van der Waals surface area contributed by atoms with Crippen LogP contribution in [0.1, 0.15) is 18.1 Å². The lowest BCUT2D eigenvalue weighted by molar-refractivity contribution is 0.281. The van der Waals surface area contributed by atoms with Crippen molar-refractivity contribution in [2.75, 3.05) is 4.72 Å². The molecule has 0 amide bonds. The van der Waals surface area contributed by atoms with Gasteiger partial charge in [0, 0.05) is 5.69 Å². The van der Waals surface area contributed by atoms with Crippen molar-refractivity contribution in [3.63, 3.8) is 0 Å². The summed E-state index contributed by atoms with van der Waals surface area (Å²) in [5.41, 5.74) is 1.68. The molecule has 4 nitrogen and oxygen atoms in total. The Morgan fingerprint density at radius 3 is 2.57 bits per heavy atom. The summed E-state index contributed by atoms with van der Waals surface area (Å²) in [6, 6.07) is 10.4. The van der Waals surface area contributed by atoms with Crippen LogP contribution in [0.2, 0.25) is 0 Å². The third kappa shape index (κ3) is 3.59. The fourth-order valence-corrected chi connectivity index (χ4v) is 3.10. The molecule has 2 aromatic rings. The van der Waals surface area contributed by atoms with Gasteiger partial charge in [-0.3, -0.25) is 4.72 Å². The van der Waals surface area contributed by atoms with E-state index in [1.54, 1.807) is 18.2 Å². The van der Waals surface area contributed by atoms with Gasteiger partial charge in [-0.05, 0) is 41.8 Å². The van der Waals surface area contributed by atoms with Gasteiger partial charge in [-0.15, -0.1) is 0 Å². The van der Waals surface area contributed by atoms with Gasteiger partial charge in [0.2, 0.25) is 0 Å². The SMILES string of the molecule is CCc1cccc(NS(=O)(=O)c2cc(CO)ccc2F)c1. The van der Waals surface area contributed by atoms with E-state index in [-0.39, 0.29) is 6.61 Å². The second-order valence-corrected chi connectivity index (χ2v) is 6.23. The Bertz CT molecular complexity index is 744. The van der Waals surface area contributed by atoms with Gasteiger partial charge in [0.25, 0.3) is 10.0 Å². The summed E-state index contributed by atoms with van der Waals surface area (Å²) in [6.07, 6.45) is 0.768. The van der Waals surface area contributed by atoms with Crippen molar-refractivity contribution in [2.24, 2.45) is 0 Å². The highest BCUT2D eigenvalue weighted by Gasteiger charge is 2.19. The van der Waals surface area contributed by atoms with Crippen LogP contribution in [0.25, 0.3) is 0 Å². The maximum Gasteiger partial charge on any atom is 0.264 e. The van der Waals surface area contributed by atoms with Gasteiger partial charge in [-0.2, -0.15) is 0 Å². The normalized spacial score (nSPS) is 11.4. The van der Waals surface area contributed by atoms with E-state index in [0.29, 0.717) is 11.3 Å².